The monoisotopic (exact) mass is 549 g/mol. The summed E-state index contributed by atoms with van der Waals surface area (Å²) >= 11 is 3.18. The molecule has 0 spiro atoms. The topological polar surface area (TPSA) is 127 Å². The Kier molecular flexibility index (Phi) is 11.7. The summed E-state index contributed by atoms with van der Waals surface area (Å²) in [6.45, 7) is 0.0630. The number of aromatic nitrogens is 2. The summed E-state index contributed by atoms with van der Waals surface area (Å²) in [7, 11) is 1.50. The third kappa shape index (κ3) is 8.97. The van der Waals surface area contributed by atoms with Crippen molar-refractivity contribution >= 4 is 27.7 Å². The zero-order valence-corrected chi connectivity index (χ0v) is 21.1. The molecule has 1 aliphatic rings. The van der Waals surface area contributed by atoms with Crippen LogP contribution in [0, 0.1) is 11.6 Å². The molecule has 7 nitrogen and oxygen atoms in total. The molecule has 0 atom stereocenters. The highest BCUT2D eigenvalue weighted by Gasteiger charge is 2.14. The van der Waals surface area contributed by atoms with E-state index in [1.54, 1.807) is 6.07 Å². The van der Waals surface area contributed by atoms with Crippen molar-refractivity contribution in [1.82, 2.24) is 15.3 Å². The van der Waals surface area contributed by atoms with Gasteiger partial charge in [-0.2, -0.15) is 0 Å². The van der Waals surface area contributed by atoms with Crippen molar-refractivity contribution in [3.8, 4) is 11.3 Å². The van der Waals surface area contributed by atoms with Crippen molar-refractivity contribution in [2.45, 2.75) is 44.8 Å². The van der Waals surface area contributed by atoms with Gasteiger partial charge in [0.1, 0.15) is 23.1 Å². The Morgan fingerprint density at radius 1 is 1.09 bits per heavy atom. The molecule has 0 radical (unpaired) electrons. The van der Waals surface area contributed by atoms with Crippen LogP contribution < -0.4 is 16.8 Å². The number of hydrogen-bond acceptors (Lipinski definition) is 6. The quantitative estimate of drug-likeness (QED) is 0.377. The van der Waals surface area contributed by atoms with Crippen LogP contribution in [0.15, 0.2) is 53.3 Å². The molecule has 1 aromatic heterocycles. The summed E-state index contributed by atoms with van der Waals surface area (Å²) in [5.41, 5.74) is 11.4. The number of hydrogen-bond donors (Lipinski definition) is 4. The molecule has 0 saturated heterocycles. The lowest BCUT2D eigenvalue weighted by Crippen LogP contribution is -2.24. The number of rotatable bonds is 4. The van der Waals surface area contributed by atoms with Crippen LogP contribution in [0.1, 0.15) is 48.0 Å². The molecule has 10 heteroatoms. The first-order valence-electron chi connectivity index (χ1n) is 11.2. The minimum Gasteiger partial charge on any atom is -0.393 e. The second-order valence-corrected chi connectivity index (χ2v) is 8.65. The van der Waals surface area contributed by atoms with E-state index >= 15 is 0 Å². The summed E-state index contributed by atoms with van der Waals surface area (Å²) < 4.78 is 28.3. The predicted octanol–water partition coefficient (Wildman–Crippen LogP) is 4.58. The maximum absolute atomic E-state index is 14.4. The zero-order valence-electron chi connectivity index (χ0n) is 19.5. The van der Waals surface area contributed by atoms with Gasteiger partial charge in [0.25, 0.3) is 5.91 Å². The molecule has 1 fully saturated rings. The van der Waals surface area contributed by atoms with Gasteiger partial charge in [0.05, 0.1) is 11.7 Å². The number of carbonyl (C=O) groups excluding carboxylic acids is 1. The van der Waals surface area contributed by atoms with E-state index in [1.165, 1.54) is 69.0 Å². The van der Waals surface area contributed by atoms with Gasteiger partial charge in [-0.15, -0.1) is 0 Å². The summed E-state index contributed by atoms with van der Waals surface area (Å²) in [4.78, 5) is 20.2. The maximum atomic E-state index is 14.4. The number of nitrogens with zero attached hydrogens (tertiary/aromatic N) is 2. The fourth-order valence-electron chi connectivity index (χ4n) is 3.49. The van der Waals surface area contributed by atoms with Crippen LogP contribution in [0.3, 0.4) is 0 Å². The Hall–Kier alpha value is -2.95. The third-order valence-electron chi connectivity index (χ3n) is 5.16. The molecule has 2 aromatic carbocycles. The molecule has 35 heavy (non-hydrogen) atoms. The van der Waals surface area contributed by atoms with Gasteiger partial charge in [-0.25, -0.2) is 13.8 Å². The van der Waals surface area contributed by atoms with Crippen molar-refractivity contribution in [3.05, 3.63) is 76.0 Å². The van der Waals surface area contributed by atoms with Gasteiger partial charge in [0, 0.05) is 29.0 Å². The summed E-state index contributed by atoms with van der Waals surface area (Å²) in [5.74, 6) is -1.59. The first-order valence-corrected chi connectivity index (χ1v) is 12.0. The fraction of sp³-hybridized carbons (Fsp3) is 0.320. The number of anilines is 1. The lowest BCUT2D eigenvalue weighted by Gasteiger charge is -2.14. The number of carbonyl (C=O) groups is 1. The molecule has 6 N–H and O–H groups in total. The fourth-order valence-corrected chi connectivity index (χ4v) is 4.00. The Labute approximate surface area is 212 Å². The highest BCUT2D eigenvalue weighted by atomic mass is 79.9. The van der Waals surface area contributed by atoms with Crippen LogP contribution in [-0.2, 0) is 6.54 Å². The number of halogens is 3. The number of amides is 1. The summed E-state index contributed by atoms with van der Waals surface area (Å²) in [5, 5.41) is 11.5. The molecule has 1 saturated carbocycles. The minimum absolute atomic E-state index is 0.0359. The Bertz CT molecular complexity index is 1090. The number of nitrogen functional groups attached to an aromatic ring is 1. The lowest BCUT2D eigenvalue weighted by atomic mass is 9.98. The van der Waals surface area contributed by atoms with Gasteiger partial charge < -0.3 is 21.9 Å². The van der Waals surface area contributed by atoms with Gasteiger partial charge in [0.2, 0.25) is 0 Å². The SMILES string of the molecule is CN.Nc1nccnc1-c1ccc(C(=O)NCc2cc(F)cc(Br)c2)c(F)c1.OC1CCCCC1. The minimum atomic E-state index is -0.717. The molecular formula is C25H30BrF2N5O2. The second kappa shape index (κ2) is 14.4. The third-order valence-corrected chi connectivity index (χ3v) is 5.62. The van der Waals surface area contributed by atoms with E-state index in [4.69, 9.17) is 10.8 Å². The molecule has 4 rings (SSSR count). The van der Waals surface area contributed by atoms with Crippen LogP contribution in [0.25, 0.3) is 11.3 Å². The first-order chi connectivity index (χ1) is 16.8. The van der Waals surface area contributed by atoms with Crippen LogP contribution in [0.5, 0.6) is 0 Å². The van der Waals surface area contributed by atoms with E-state index in [-0.39, 0.29) is 24.0 Å². The number of aliphatic hydroxyl groups is 1. The van der Waals surface area contributed by atoms with Crippen molar-refractivity contribution < 1.29 is 18.7 Å². The molecular weight excluding hydrogens is 520 g/mol. The van der Waals surface area contributed by atoms with Crippen LogP contribution in [0.2, 0.25) is 0 Å². The van der Waals surface area contributed by atoms with E-state index in [1.807, 2.05) is 0 Å². The number of aliphatic hydroxyl groups excluding tert-OH is 1. The molecule has 0 aliphatic heterocycles. The molecule has 1 aliphatic carbocycles. The largest absolute Gasteiger partial charge is 0.393 e. The van der Waals surface area contributed by atoms with Crippen LogP contribution in [-0.4, -0.2) is 34.1 Å². The van der Waals surface area contributed by atoms with Crippen molar-refractivity contribution in [2.24, 2.45) is 5.73 Å². The summed E-state index contributed by atoms with van der Waals surface area (Å²) in [6.07, 6.45) is 8.80. The van der Waals surface area contributed by atoms with Gasteiger partial charge in [-0.3, -0.25) is 9.78 Å². The molecule has 3 aromatic rings. The van der Waals surface area contributed by atoms with Gasteiger partial charge in [-0.1, -0.05) is 41.3 Å². The standard InChI is InChI=1S/C18H13BrF2N4O.C6H12O.CH5N/c19-12-5-10(6-13(20)8-12)9-25-18(26)14-2-1-11(7-15(14)21)16-17(22)24-4-3-23-16;7-6-4-2-1-3-5-6;1-2/h1-8H,9H2,(H2,22,24)(H,25,26);6-7H,1-5H2;2H2,1H3. The maximum Gasteiger partial charge on any atom is 0.254 e. The van der Waals surface area contributed by atoms with Crippen molar-refractivity contribution in [3.63, 3.8) is 0 Å². The molecule has 1 heterocycles. The van der Waals surface area contributed by atoms with E-state index in [9.17, 15) is 13.6 Å². The average molecular weight is 550 g/mol. The van der Waals surface area contributed by atoms with Gasteiger partial charge in [-0.05, 0) is 55.8 Å². The Morgan fingerprint density at radius 3 is 2.34 bits per heavy atom. The molecule has 1 amide bonds. The molecule has 0 unspecified atom stereocenters. The zero-order chi connectivity index (χ0) is 25.8. The number of nitrogens with two attached hydrogens (primary N) is 2. The average Bonchev–Trinajstić information content (AvgIpc) is 2.84. The molecule has 188 valence electrons. The van der Waals surface area contributed by atoms with Crippen molar-refractivity contribution in [2.75, 3.05) is 12.8 Å². The van der Waals surface area contributed by atoms with E-state index < -0.39 is 17.5 Å². The highest BCUT2D eigenvalue weighted by molar-refractivity contribution is 9.10. The second-order valence-electron chi connectivity index (χ2n) is 7.74. The predicted molar refractivity (Wildman–Crippen MR) is 136 cm³/mol. The van der Waals surface area contributed by atoms with Crippen LogP contribution in [0.4, 0.5) is 14.6 Å². The Morgan fingerprint density at radius 2 is 1.77 bits per heavy atom. The first kappa shape index (κ1) is 28.3. The smallest absolute Gasteiger partial charge is 0.254 e. The Balaban J connectivity index is 0.000000407. The lowest BCUT2D eigenvalue weighted by molar-refractivity contribution is 0.0946. The van der Waals surface area contributed by atoms with Gasteiger partial charge in [0.15, 0.2) is 0 Å². The van der Waals surface area contributed by atoms with E-state index in [2.05, 4.69) is 36.9 Å². The number of benzene rings is 2. The highest BCUT2D eigenvalue weighted by Crippen LogP contribution is 2.23. The normalized spacial score (nSPS) is 13.1. The van der Waals surface area contributed by atoms with Crippen molar-refractivity contribution in [1.29, 1.82) is 0 Å². The van der Waals surface area contributed by atoms with E-state index in [0.717, 1.165) is 12.8 Å². The van der Waals surface area contributed by atoms with E-state index in [0.29, 0.717) is 21.3 Å². The summed E-state index contributed by atoms with van der Waals surface area (Å²) in [6, 6.07) is 8.32. The molecule has 0 bridgehead atoms. The van der Waals surface area contributed by atoms with Crippen LogP contribution >= 0.6 is 15.9 Å². The van der Waals surface area contributed by atoms with Gasteiger partial charge >= 0.3 is 0 Å². The number of nitrogens with one attached hydrogen (secondary N) is 1.